The van der Waals surface area contributed by atoms with Crippen molar-refractivity contribution in [2.45, 2.75) is 55.4 Å². The van der Waals surface area contributed by atoms with Gasteiger partial charge in [0.1, 0.15) is 0 Å². The summed E-state index contributed by atoms with van der Waals surface area (Å²) in [6, 6.07) is 18.7. The van der Waals surface area contributed by atoms with Crippen molar-refractivity contribution in [3.05, 3.63) is 59.7 Å². The van der Waals surface area contributed by atoms with Gasteiger partial charge in [0.15, 0.2) is 0 Å². The lowest BCUT2D eigenvalue weighted by atomic mass is 10.0. The van der Waals surface area contributed by atoms with Gasteiger partial charge in [-0.15, -0.1) is 23.5 Å². The third-order valence-electron chi connectivity index (χ3n) is 4.71. The second-order valence-electron chi connectivity index (χ2n) is 7.69. The third kappa shape index (κ3) is 6.68. The first-order valence-electron chi connectivity index (χ1n) is 9.48. The lowest BCUT2D eigenvalue weighted by molar-refractivity contribution is 0.344. The maximum absolute atomic E-state index is 2.35. The quantitative estimate of drug-likeness (QED) is 0.438. The molecular weight excluding hydrogens is 354 g/mol. The summed E-state index contributed by atoms with van der Waals surface area (Å²) >= 11 is 3.93. The number of hydrogen-bond acceptors (Lipinski definition) is 3. The molecule has 26 heavy (non-hydrogen) atoms. The van der Waals surface area contributed by atoms with Crippen molar-refractivity contribution >= 4 is 23.5 Å². The van der Waals surface area contributed by atoms with Gasteiger partial charge in [0, 0.05) is 27.3 Å². The normalized spacial score (nSPS) is 11.9. The second-order valence-corrected chi connectivity index (χ2v) is 9.87. The molecule has 0 bridgehead atoms. The van der Waals surface area contributed by atoms with Gasteiger partial charge in [-0.05, 0) is 61.3 Å². The van der Waals surface area contributed by atoms with E-state index in [-0.39, 0.29) is 0 Å². The number of benzene rings is 2. The molecule has 0 aliphatic rings. The molecule has 0 amide bonds. The topological polar surface area (TPSA) is 3.24 Å². The molecule has 0 aliphatic carbocycles. The van der Waals surface area contributed by atoms with Gasteiger partial charge in [0.25, 0.3) is 0 Å². The fraction of sp³-hybridized carbons (Fsp3) is 0.478. The second kappa shape index (κ2) is 10.4. The minimum absolute atomic E-state index is 0.555. The van der Waals surface area contributed by atoms with Gasteiger partial charge in [0.05, 0.1) is 0 Å². The Labute approximate surface area is 169 Å². The van der Waals surface area contributed by atoms with E-state index in [1.54, 1.807) is 0 Å². The summed E-state index contributed by atoms with van der Waals surface area (Å²) in [5, 5.41) is 0. The van der Waals surface area contributed by atoms with E-state index < -0.39 is 0 Å². The fourth-order valence-electron chi connectivity index (χ4n) is 2.63. The highest BCUT2D eigenvalue weighted by Crippen LogP contribution is 2.27. The Hall–Kier alpha value is -0.900. The lowest BCUT2D eigenvalue weighted by Gasteiger charge is -2.24. The summed E-state index contributed by atoms with van der Waals surface area (Å²) in [5.74, 6) is 3.43. The first-order valence-corrected chi connectivity index (χ1v) is 11.5. The van der Waals surface area contributed by atoms with E-state index in [1.807, 2.05) is 23.5 Å². The Morgan fingerprint density at radius 3 is 1.27 bits per heavy atom. The highest BCUT2D eigenvalue weighted by atomic mass is 32.2. The molecule has 0 unspecified atom stereocenters. The zero-order valence-electron chi connectivity index (χ0n) is 17.0. The number of thioether (sulfide) groups is 2. The van der Waals surface area contributed by atoms with Crippen LogP contribution in [0.15, 0.2) is 58.3 Å². The van der Waals surface area contributed by atoms with E-state index in [1.165, 1.54) is 20.9 Å². The predicted octanol–water partition coefficient (Wildman–Crippen LogP) is 6.75. The maximum atomic E-state index is 2.35. The largest absolute Gasteiger partial charge is 0.305 e. The molecule has 3 heteroatoms. The van der Waals surface area contributed by atoms with Gasteiger partial charge in [0.2, 0.25) is 0 Å². The highest BCUT2D eigenvalue weighted by Gasteiger charge is 2.13. The van der Waals surface area contributed by atoms with Crippen LogP contribution in [0.1, 0.15) is 50.7 Å². The van der Waals surface area contributed by atoms with Gasteiger partial charge in [-0.1, -0.05) is 52.0 Å². The van der Waals surface area contributed by atoms with Gasteiger partial charge < -0.3 is 4.90 Å². The van der Waals surface area contributed by atoms with Crippen LogP contribution in [0.4, 0.5) is 0 Å². The number of hydrogen-bond donors (Lipinski definition) is 0. The number of rotatable bonds is 9. The Morgan fingerprint density at radius 2 is 1.00 bits per heavy atom. The molecule has 0 spiro atoms. The molecule has 0 saturated carbocycles. The van der Waals surface area contributed by atoms with Crippen molar-refractivity contribution < 1.29 is 0 Å². The van der Waals surface area contributed by atoms with Crippen LogP contribution in [-0.2, 0) is 0 Å². The average molecular weight is 388 g/mol. The van der Waals surface area contributed by atoms with Crippen molar-refractivity contribution in [1.29, 1.82) is 0 Å². The fourth-order valence-corrected chi connectivity index (χ4v) is 5.04. The van der Waals surface area contributed by atoms with Crippen LogP contribution in [0.3, 0.4) is 0 Å². The molecule has 0 fully saturated rings. The lowest BCUT2D eigenvalue weighted by Crippen LogP contribution is -2.32. The van der Waals surface area contributed by atoms with Crippen LogP contribution in [0.25, 0.3) is 0 Å². The standard InChI is InChI=1S/C23H33NS2/c1-17(2)19-7-11-22(12-8-19)25-15-21(24(5)6)16-26-23-13-9-20(10-14-23)18(3)4/h7-14,17-18,21H,15-16H2,1-6H3. The zero-order valence-corrected chi connectivity index (χ0v) is 18.7. The summed E-state index contributed by atoms with van der Waals surface area (Å²) in [4.78, 5) is 5.09. The van der Waals surface area contributed by atoms with Crippen LogP contribution < -0.4 is 0 Å². The van der Waals surface area contributed by atoms with Crippen LogP contribution in [0.2, 0.25) is 0 Å². The predicted molar refractivity (Wildman–Crippen MR) is 120 cm³/mol. The van der Waals surface area contributed by atoms with Crippen molar-refractivity contribution in [3.63, 3.8) is 0 Å². The van der Waals surface area contributed by atoms with Crippen LogP contribution in [-0.4, -0.2) is 36.5 Å². The molecular formula is C23H33NS2. The van der Waals surface area contributed by atoms with E-state index in [4.69, 9.17) is 0 Å². The van der Waals surface area contributed by atoms with Crippen LogP contribution >= 0.6 is 23.5 Å². The first-order chi connectivity index (χ1) is 12.4. The monoisotopic (exact) mass is 387 g/mol. The molecule has 0 heterocycles. The Kier molecular flexibility index (Phi) is 8.59. The van der Waals surface area contributed by atoms with Crippen molar-refractivity contribution in [2.75, 3.05) is 25.6 Å². The Bertz CT molecular complexity index is 589. The average Bonchev–Trinajstić information content (AvgIpc) is 2.62. The smallest absolute Gasteiger partial charge is 0.0277 e. The first kappa shape index (κ1) is 21.4. The van der Waals surface area contributed by atoms with E-state index in [0.717, 1.165) is 11.5 Å². The van der Waals surface area contributed by atoms with E-state index >= 15 is 0 Å². The molecule has 1 nitrogen and oxygen atoms in total. The SMILES string of the molecule is CC(C)c1ccc(SCC(CSc2ccc(C(C)C)cc2)N(C)C)cc1. The molecule has 0 atom stereocenters. The van der Waals surface area contributed by atoms with Crippen LogP contribution in [0.5, 0.6) is 0 Å². The number of nitrogens with zero attached hydrogens (tertiary/aromatic N) is 1. The molecule has 2 aromatic carbocycles. The zero-order chi connectivity index (χ0) is 19.1. The van der Waals surface area contributed by atoms with Gasteiger partial charge in [-0.2, -0.15) is 0 Å². The van der Waals surface area contributed by atoms with Gasteiger partial charge in [-0.25, -0.2) is 0 Å². The Balaban J connectivity index is 1.88. The van der Waals surface area contributed by atoms with Crippen molar-refractivity contribution in [3.8, 4) is 0 Å². The molecule has 0 N–H and O–H groups in total. The van der Waals surface area contributed by atoms with E-state index in [0.29, 0.717) is 17.9 Å². The third-order valence-corrected chi connectivity index (χ3v) is 7.02. The van der Waals surface area contributed by atoms with Crippen LogP contribution in [0, 0.1) is 0 Å². The van der Waals surface area contributed by atoms with Crippen molar-refractivity contribution in [2.24, 2.45) is 0 Å². The molecule has 2 rings (SSSR count). The minimum Gasteiger partial charge on any atom is -0.305 e. The molecule has 2 aromatic rings. The maximum Gasteiger partial charge on any atom is 0.0277 e. The van der Waals surface area contributed by atoms with Gasteiger partial charge >= 0.3 is 0 Å². The minimum atomic E-state index is 0.555. The van der Waals surface area contributed by atoms with Gasteiger partial charge in [-0.3, -0.25) is 0 Å². The van der Waals surface area contributed by atoms with E-state index in [2.05, 4.69) is 95.2 Å². The molecule has 0 radical (unpaired) electrons. The van der Waals surface area contributed by atoms with Crippen molar-refractivity contribution in [1.82, 2.24) is 4.90 Å². The molecule has 0 saturated heterocycles. The summed E-state index contributed by atoms with van der Waals surface area (Å²) < 4.78 is 0. The van der Waals surface area contributed by atoms with E-state index in [9.17, 15) is 0 Å². The molecule has 0 aromatic heterocycles. The summed E-state index contributed by atoms with van der Waals surface area (Å²) in [7, 11) is 4.38. The summed E-state index contributed by atoms with van der Waals surface area (Å²) in [5.41, 5.74) is 2.83. The highest BCUT2D eigenvalue weighted by molar-refractivity contribution is 8.00. The Morgan fingerprint density at radius 1 is 0.654 bits per heavy atom. The summed E-state index contributed by atoms with van der Waals surface area (Å²) in [6.07, 6.45) is 0. The summed E-state index contributed by atoms with van der Waals surface area (Å²) in [6.45, 7) is 8.98. The molecule has 0 aliphatic heterocycles. The molecule has 142 valence electrons.